The topological polar surface area (TPSA) is 45.1 Å². The molecule has 2 N–H and O–H groups in total. The molecule has 0 aromatic carbocycles. The number of halogens is 3. The summed E-state index contributed by atoms with van der Waals surface area (Å²) in [6.45, 7) is 1.77. The van der Waals surface area contributed by atoms with Gasteiger partial charge in [0.15, 0.2) is 0 Å². The van der Waals surface area contributed by atoms with Crippen molar-refractivity contribution in [2.45, 2.75) is 25.7 Å². The second-order valence-electron chi connectivity index (χ2n) is 3.48. The maximum atomic E-state index is 12.5. The molecule has 0 aliphatic heterocycles. The Balaban J connectivity index is 2.72. The van der Waals surface area contributed by atoms with Crippen LogP contribution in [-0.4, -0.2) is 22.7 Å². The van der Waals surface area contributed by atoms with Gasteiger partial charge in [-0.1, -0.05) is 0 Å². The number of rotatable bonds is 4. The van der Waals surface area contributed by atoms with Gasteiger partial charge in [0.25, 0.3) is 0 Å². The molecule has 0 fully saturated rings. The van der Waals surface area contributed by atoms with Crippen molar-refractivity contribution in [3.63, 3.8) is 0 Å². The molecule has 6 heteroatoms. The van der Waals surface area contributed by atoms with Crippen LogP contribution in [0.1, 0.15) is 18.2 Å². The van der Waals surface area contributed by atoms with Crippen molar-refractivity contribution in [3.05, 3.63) is 29.6 Å². The van der Waals surface area contributed by atoms with Gasteiger partial charge in [0.2, 0.25) is 0 Å². The number of alkyl halides is 3. The van der Waals surface area contributed by atoms with E-state index in [1.54, 1.807) is 6.92 Å². The molecule has 0 amide bonds. The number of nitrogens with zero attached hydrogens (tertiary/aromatic N) is 1. The Morgan fingerprint density at radius 1 is 1.50 bits per heavy atom. The highest BCUT2D eigenvalue weighted by Gasteiger charge is 2.33. The summed E-state index contributed by atoms with van der Waals surface area (Å²) in [5.74, 6) is 0. The summed E-state index contributed by atoms with van der Waals surface area (Å²) >= 11 is 0. The van der Waals surface area contributed by atoms with Crippen LogP contribution in [0.2, 0.25) is 0 Å². The van der Waals surface area contributed by atoms with Gasteiger partial charge in [-0.3, -0.25) is 4.98 Å². The normalized spacial score (nSPS) is 13.8. The fourth-order valence-electron chi connectivity index (χ4n) is 1.24. The first-order valence-electron chi connectivity index (χ1n) is 4.81. The van der Waals surface area contributed by atoms with Crippen molar-refractivity contribution in [2.24, 2.45) is 0 Å². The summed E-state index contributed by atoms with van der Waals surface area (Å²) < 4.78 is 37.6. The second kappa shape index (κ2) is 5.27. The van der Waals surface area contributed by atoms with Crippen LogP contribution in [0, 0.1) is 0 Å². The van der Waals surface area contributed by atoms with Crippen molar-refractivity contribution in [3.8, 4) is 0 Å². The number of pyridine rings is 1. The van der Waals surface area contributed by atoms with Crippen LogP contribution >= 0.6 is 0 Å². The average Bonchev–Trinajstić information content (AvgIpc) is 2.16. The molecule has 1 rings (SSSR count). The first-order valence-corrected chi connectivity index (χ1v) is 4.81. The number of aromatic nitrogens is 1. The third-order valence-electron chi connectivity index (χ3n) is 1.93. The smallest absolute Gasteiger partial charge is 0.392 e. The zero-order valence-electron chi connectivity index (χ0n) is 8.75. The summed E-state index contributed by atoms with van der Waals surface area (Å²) in [7, 11) is 0. The van der Waals surface area contributed by atoms with E-state index in [-0.39, 0.29) is 18.8 Å². The first kappa shape index (κ1) is 12.9. The molecule has 0 aliphatic carbocycles. The van der Waals surface area contributed by atoms with Gasteiger partial charge in [-0.25, -0.2) is 0 Å². The van der Waals surface area contributed by atoms with Crippen LogP contribution in [0.3, 0.4) is 0 Å². The van der Waals surface area contributed by atoms with Gasteiger partial charge in [0.1, 0.15) is 0 Å². The molecule has 90 valence electrons. The first-order chi connectivity index (χ1) is 7.41. The lowest BCUT2D eigenvalue weighted by molar-refractivity contribution is -0.138. The van der Waals surface area contributed by atoms with Crippen molar-refractivity contribution < 1.29 is 18.3 Å². The molecule has 1 atom stereocenters. The van der Waals surface area contributed by atoms with Crippen LogP contribution in [0.15, 0.2) is 18.3 Å². The van der Waals surface area contributed by atoms with E-state index in [9.17, 15) is 13.2 Å². The lowest BCUT2D eigenvalue weighted by Gasteiger charge is -2.12. The van der Waals surface area contributed by atoms with Gasteiger partial charge in [-0.2, -0.15) is 13.2 Å². The van der Waals surface area contributed by atoms with Gasteiger partial charge in [0.05, 0.1) is 17.4 Å². The van der Waals surface area contributed by atoms with Crippen LogP contribution in [0.4, 0.5) is 13.2 Å². The zero-order chi connectivity index (χ0) is 12.2. The lowest BCUT2D eigenvalue weighted by atomic mass is 10.2. The van der Waals surface area contributed by atoms with E-state index >= 15 is 0 Å². The number of hydrogen-bond acceptors (Lipinski definition) is 3. The lowest BCUT2D eigenvalue weighted by Crippen LogP contribution is -2.25. The SMILES string of the molecule is CC(O)CNCc1ncccc1C(F)(F)F. The molecule has 3 nitrogen and oxygen atoms in total. The van der Waals surface area contributed by atoms with Crippen LogP contribution in [0.5, 0.6) is 0 Å². The van der Waals surface area contributed by atoms with Crippen LogP contribution in [-0.2, 0) is 12.7 Å². The zero-order valence-corrected chi connectivity index (χ0v) is 8.75. The molecule has 1 aromatic rings. The van der Waals surface area contributed by atoms with Crippen molar-refractivity contribution in [1.29, 1.82) is 0 Å². The fourth-order valence-corrected chi connectivity index (χ4v) is 1.24. The number of hydrogen-bond donors (Lipinski definition) is 2. The molecule has 0 saturated carbocycles. The molecule has 0 spiro atoms. The van der Waals surface area contributed by atoms with E-state index < -0.39 is 17.8 Å². The van der Waals surface area contributed by atoms with Gasteiger partial charge in [-0.05, 0) is 19.1 Å². The average molecular weight is 234 g/mol. The standard InChI is InChI=1S/C10H13F3N2O/c1-7(16)5-14-6-9-8(10(11,12)13)3-2-4-15-9/h2-4,7,14,16H,5-6H2,1H3. The molecule has 1 unspecified atom stereocenters. The molecule has 0 aliphatic rings. The molecule has 1 heterocycles. The Bertz CT molecular complexity index is 339. The minimum Gasteiger partial charge on any atom is -0.392 e. The third-order valence-corrected chi connectivity index (χ3v) is 1.93. The summed E-state index contributed by atoms with van der Waals surface area (Å²) in [6, 6.07) is 2.24. The molecular formula is C10H13F3N2O. The van der Waals surface area contributed by atoms with Crippen molar-refractivity contribution in [2.75, 3.05) is 6.54 Å². The minimum absolute atomic E-state index is 0.0133. The van der Waals surface area contributed by atoms with Crippen LogP contribution < -0.4 is 5.32 Å². The van der Waals surface area contributed by atoms with E-state index in [0.29, 0.717) is 0 Å². The highest BCUT2D eigenvalue weighted by atomic mass is 19.4. The summed E-state index contributed by atoms with van der Waals surface area (Å²) in [6.07, 6.45) is -3.68. The van der Waals surface area contributed by atoms with Gasteiger partial charge in [-0.15, -0.1) is 0 Å². The van der Waals surface area contributed by atoms with E-state index in [2.05, 4.69) is 10.3 Å². The molecule has 0 bridgehead atoms. The Hall–Kier alpha value is -1.14. The van der Waals surface area contributed by atoms with Gasteiger partial charge in [0, 0.05) is 19.3 Å². The predicted molar refractivity (Wildman–Crippen MR) is 52.6 cm³/mol. The molecule has 0 saturated heterocycles. The highest BCUT2D eigenvalue weighted by Crippen LogP contribution is 2.30. The predicted octanol–water partition coefficient (Wildman–Crippen LogP) is 1.57. The number of nitrogens with one attached hydrogen (secondary N) is 1. The van der Waals surface area contributed by atoms with Crippen molar-refractivity contribution >= 4 is 0 Å². The Kier molecular flexibility index (Phi) is 4.26. The summed E-state index contributed by atoms with van der Waals surface area (Å²) in [4.78, 5) is 3.68. The van der Waals surface area contributed by atoms with E-state index in [0.717, 1.165) is 6.07 Å². The quantitative estimate of drug-likeness (QED) is 0.831. The maximum Gasteiger partial charge on any atom is 0.418 e. The second-order valence-corrected chi connectivity index (χ2v) is 3.48. The van der Waals surface area contributed by atoms with Gasteiger partial charge >= 0.3 is 6.18 Å². The summed E-state index contributed by atoms with van der Waals surface area (Å²) in [5.41, 5.74) is -0.802. The molecule has 16 heavy (non-hydrogen) atoms. The number of aliphatic hydroxyl groups is 1. The number of aliphatic hydroxyl groups excluding tert-OH is 1. The minimum atomic E-state index is -4.39. The monoisotopic (exact) mass is 234 g/mol. The van der Waals surface area contributed by atoms with Crippen LogP contribution in [0.25, 0.3) is 0 Å². The fraction of sp³-hybridized carbons (Fsp3) is 0.500. The van der Waals surface area contributed by atoms with E-state index in [4.69, 9.17) is 5.11 Å². The molecule has 1 aromatic heterocycles. The maximum absolute atomic E-state index is 12.5. The largest absolute Gasteiger partial charge is 0.418 e. The summed E-state index contributed by atoms with van der Waals surface area (Å²) in [5, 5.41) is 11.7. The highest BCUT2D eigenvalue weighted by molar-refractivity contribution is 5.22. The molecule has 0 radical (unpaired) electrons. The third kappa shape index (κ3) is 3.79. The Morgan fingerprint density at radius 3 is 2.75 bits per heavy atom. The Labute approximate surface area is 91.3 Å². The van der Waals surface area contributed by atoms with Gasteiger partial charge < -0.3 is 10.4 Å². The van der Waals surface area contributed by atoms with E-state index in [1.165, 1.54) is 12.3 Å². The van der Waals surface area contributed by atoms with Crippen molar-refractivity contribution in [1.82, 2.24) is 10.3 Å². The van der Waals surface area contributed by atoms with E-state index in [1.807, 2.05) is 0 Å². The molecular weight excluding hydrogens is 221 g/mol. The Morgan fingerprint density at radius 2 is 2.19 bits per heavy atom.